The number of pyridine rings is 1. The summed E-state index contributed by atoms with van der Waals surface area (Å²) in [6.45, 7) is -0.341. The van der Waals surface area contributed by atoms with Gasteiger partial charge in [-0.2, -0.15) is 0 Å². The fourth-order valence-corrected chi connectivity index (χ4v) is 2.57. The molecule has 144 valence electrons. The van der Waals surface area contributed by atoms with Gasteiger partial charge in [0.15, 0.2) is 5.75 Å². The van der Waals surface area contributed by atoms with Gasteiger partial charge in [-0.15, -0.1) is 0 Å². The molecule has 11 heteroatoms. The largest absolute Gasteiger partial charge is 0.493 e. The maximum Gasteiger partial charge on any atom is 0.345 e. The second-order valence-electron chi connectivity index (χ2n) is 4.94. The third-order valence-electron chi connectivity index (χ3n) is 3.43. The van der Waals surface area contributed by atoms with Crippen LogP contribution in [0.25, 0.3) is 0 Å². The van der Waals surface area contributed by atoms with Gasteiger partial charge in [-0.3, -0.25) is 10.1 Å². The molecule has 0 bridgehead atoms. The molecule has 0 saturated carbocycles. The van der Waals surface area contributed by atoms with Crippen molar-refractivity contribution in [1.82, 2.24) is 4.98 Å². The zero-order valence-corrected chi connectivity index (χ0v) is 16.0. The summed E-state index contributed by atoms with van der Waals surface area (Å²) in [4.78, 5) is 27.2. The lowest BCUT2D eigenvalue weighted by Gasteiger charge is -2.14. The van der Waals surface area contributed by atoms with Crippen molar-refractivity contribution in [2.24, 2.45) is 0 Å². The van der Waals surface area contributed by atoms with Gasteiger partial charge >= 0.3 is 11.7 Å². The highest BCUT2D eigenvalue weighted by Crippen LogP contribution is 2.46. The van der Waals surface area contributed by atoms with E-state index in [9.17, 15) is 14.9 Å². The fraction of sp³-hybridized carbons (Fsp3) is 0.250. The average Bonchev–Trinajstić information content (AvgIpc) is 2.66. The van der Waals surface area contributed by atoms with E-state index in [1.807, 2.05) is 0 Å². The molecule has 0 saturated heterocycles. The minimum Gasteiger partial charge on any atom is -0.493 e. The molecule has 0 spiro atoms. The lowest BCUT2D eigenvalue weighted by atomic mass is 10.1. The Balaban J connectivity index is 2.45. The van der Waals surface area contributed by atoms with Crippen LogP contribution in [0.5, 0.6) is 17.2 Å². The maximum absolute atomic E-state index is 12.5. The van der Waals surface area contributed by atoms with E-state index in [0.717, 1.165) is 6.07 Å². The number of nitro groups is 1. The molecule has 2 aromatic rings. The molecule has 2 rings (SSSR count). The lowest BCUT2D eigenvalue weighted by Crippen LogP contribution is -2.11. The Morgan fingerprint density at radius 2 is 1.81 bits per heavy atom. The summed E-state index contributed by atoms with van der Waals surface area (Å²) >= 11 is 11.7. The third kappa shape index (κ3) is 4.32. The van der Waals surface area contributed by atoms with Gasteiger partial charge in [0.2, 0.25) is 11.5 Å². The van der Waals surface area contributed by atoms with E-state index >= 15 is 0 Å². The van der Waals surface area contributed by atoms with Gasteiger partial charge in [0.05, 0.1) is 37.0 Å². The van der Waals surface area contributed by atoms with Gasteiger partial charge in [-0.25, -0.2) is 9.78 Å². The van der Waals surface area contributed by atoms with Crippen LogP contribution in [-0.4, -0.2) is 37.2 Å². The van der Waals surface area contributed by atoms with Crippen LogP contribution in [0.2, 0.25) is 10.2 Å². The molecule has 0 atom stereocenters. The first-order valence-electron chi connectivity index (χ1n) is 7.29. The van der Waals surface area contributed by atoms with Crippen molar-refractivity contribution in [2.75, 3.05) is 21.3 Å². The van der Waals surface area contributed by atoms with E-state index in [1.165, 1.54) is 33.5 Å². The molecule has 0 aliphatic carbocycles. The second-order valence-corrected chi connectivity index (χ2v) is 5.73. The summed E-state index contributed by atoms with van der Waals surface area (Å²) in [7, 11) is 3.80. The van der Waals surface area contributed by atoms with Crippen LogP contribution in [0.15, 0.2) is 18.2 Å². The first kappa shape index (κ1) is 20.5. The lowest BCUT2D eigenvalue weighted by molar-refractivity contribution is -0.386. The fourth-order valence-electron chi connectivity index (χ4n) is 2.25. The molecular weight excluding hydrogens is 403 g/mol. The number of rotatable bonds is 7. The van der Waals surface area contributed by atoms with Crippen LogP contribution in [0, 0.1) is 10.1 Å². The zero-order chi connectivity index (χ0) is 20.1. The topological polar surface area (TPSA) is 110 Å². The maximum atomic E-state index is 12.5. The Labute approximate surface area is 163 Å². The Morgan fingerprint density at radius 1 is 1.15 bits per heavy atom. The van der Waals surface area contributed by atoms with Crippen molar-refractivity contribution in [3.05, 3.63) is 49.7 Å². The first-order chi connectivity index (χ1) is 12.8. The minimum absolute atomic E-state index is 0.0252. The molecule has 1 aromatic heterocycles. The van der Waals surface area contributed by atoms with Crippen molar-refractivity contribution in [2.45, 2.75) is 6.61 Å². The number of hydrogen-bond donors (Lipinski definition) is 0. The monoisotopic (exact) mass is 416 g/mol. The number of hydrogen-bond acceptors (Lipinski definition) is 8. The van der Waals surface area contributed by atoms with Gasteiger partial charge in [0, 0.05) is 6.07 Å². The summed E-state index contributed by atoms with van der Waals surface area (Å²) in [6, 6.07) is 4.09. The molecule has 0 fully saturated rings. The van der Waals surface area contributed by atoms with Crippen molar-refractivity contribution >= 4 is 34.9 Å². The molecule has 0 unspecified atom stereocenters. The Hall–Kier alpha value is -2.78. The van der Waals surface area contributed by atoms with E-state index < -0.39 is 16.6 Å². The predicted molar refractivity (Wildman–Crippen MR) is 96.1 cm³/mol. The molecule has 9 nitrogen and oxygen atoms in total. The molecule has 1 aromatic carbocycles. The highest BCUT2D eigenvalue weighted by atomic mass is 35.5. The van der Waals surface area contributed by atoms with Crippen molar-refractivity contribution in [1.29, 1.82) is 0 Å². The zero-order valence-electron chi connectivity index (χ0n) is 14.4. The van der Waals surface area contributed by atoms with E-state index in [1.54, 1.807) is 0 Å². The number of aromatic nitrogens is 1. The number of nitro benzene ring substituents is 1. The van der Waals surface area contributed by atoms with Crippen LogP contribution < -0.4 is 14.2 Å². The van der Waals surface area contributed by atoms with Crippen LogP contribution in [0.4, 0.5) is 5.69 Å². The van der Waals surface area contributed by atoms with E-state index in [-0.39, 0.29) is 45.3 Å². The predicted octanol–water partition coefficient (Wildman–Crippen LogP) is 3.68. The second kappa shape index (κ2) is 8.74. The standard InChI is InChI=1S/C16H14Cl2N2O7/c1-24-11-6-8(13(20(22)23)15(26-3)14(11)25-2)16(21)27-7-10-9(17)4-5-12(18)19-10/h4-6H,7H2,1-3H3. The van der Waals surface area contributed by atoms with Crippen molar-refractivity contribution in [3.8, 4) is 17.2 Å². The number of ether oxygens (including phenoxy) is 4. The average molecular weight is 417 g/mol. The number of halogens is 2. The van der Waals surface area contributed by atoms with Crippen LogP contribution in [0.3, 0.4) is 0 Å². The molecule has 0 radical (unpaired) electrons. The Kier molecular flexibility index (Phi) is 6.65. The molecule has 0 N–H and O–H groups in total. The van der Waals surface area contributed by atoms with E-state index in [4.69, 9.17) is 42.1 Å². The number of esters is 1. The molecule has 0 aliphatic rings. The quantitative estimate of drug-likeness (QED) is 0.290. The Bertz CT molecular complexity index is 890. The highest BCUT2D eigenvalue weighted by molar-refractivity contribution is 6.32. The van der Waals surface area contributed by atoms with Gasteiger partial charge in [0.25, 0.3) is 0 Å². The molecule has 0 aliphatic heterocycles. The summed E-state index contributed by atoms with van der Waals surface area (Å²) in [5, 5.41) is 11.9. The summed E-state index contributed by atoms with van der Waals surface area (Å²) in [5.74, 6) is -1.24. The molecule has 0 amide bonds. The summed E-state index contributed by atoms with van der Waals surface area (Å²) < 4.78 is 20.4. The minimum atomic E-state index is -1.00. The SMILES string of the molecule is COc1cc(C(=O)OCc2nc(Cl)ccc2Cl)c([N+](=O)[O-])c(OC)c1OC. The summed E-state index contributed by atoms with van der Waals surface area (Å²) in [5.41, 5.74) is -0.800. The van der Waals surface area contributed by atoms with Gasteiger partial charge < -0.3 is 18.9 Å². The number of benzene rings is 1. The first-order valence-corrected chi connectivity index (χ1v) is 8.05. The van der Waals surface area contributed by atoms with E-state index in [0.29, 0.717) is 0 Å². The molecular formula is C16H14Cl2N2O7. The molecule has 27 heavy (non-hydrogen) atoms. The number of nitrogens with zero attached hydrogens (tertiary/aromatic N) is 2. The van der Waals surface area contributed by atoms with E-state index in [2.05, 4.69) is 4.98 Å². The smallest absolute Gasteiger partial charge is 0.345 e. The van der Waals surface area contributed by atoms with Crippen LogP contribution >= 0.6 is 23.2 Å². The third-order valence-corrected chi connectivity index (χ3v) is 3.99. The van der Waals surface area contributed by atoms with Crippen molar-refractivity contribution in [3.63, 3.8) is 0 Å². The number of carbonyl (C=O) groups is 1. The number of carbonyl (C=O) groups excluding carboxylic acids is 1. The highest BCUT2D eigenvalue weighted by Gasteiger charge is 2.33. The Morgan fingerprint density at radius 3 is 2.37 bits per heavy atom. The van der Waals surface area contributed by atoms with Crippen LogP contribution in [0.1, 0.15) is 16.1 Å². The molecule has 1 heterocycles. The van der Waals surface area contributed by atoms with Gasteiger partial charge in [0.1, 0.15) is 17.3 Å². The summed E-state index contributed by atoms with van der Waals surface area (Å²) in [6.07, 6.45) is 0. The normalized spacial score (nSPS) is 10.3. The number of methoxy groups -OCH3 is 3. The van der Waals surface area contributed by atoms with Crippen LogP contribution in [-0.2, 0) is 11.3 Å². The van der Waals surface area contributed by atoms with Crippen molar-refractivity contribution < 1.29 is 28.7 Å². The van der Waals surface area contributed by atoms with Gasteiger partial charge in [-0.05, 0) is 12.1 Å². The van der Waals surface area contributed by atoms with Gasteiger partial charge in [-0.1, -0.05) is 23.2 Å².